The first kappa shape index (κ1) is 17.0. The van der Waals surface area contributed by atoms with Crippen molar-refractivity contribution in [1.82, 2.24) is 9.55 Å². The molecule has 0 bridgehead atoms. The smallest absolute Gasteiger partial charge is 0.356 e. The quantitative estimate of drug-likeness (QED) is 0.496. The van der Waals surface area contributed by atoms with Gasteiger partial charge in [0.2, 0.25) is 0 Å². The Hall–Kier alpha value is -3.40. The minimum atomic E-state index is -0.422. The number of ether oxygens (including phenoxy) is 1. The molecule has 0 saturated carbocycles. The van der Waals surface area contributed by atoms with Crippen LogP contribution < -0.4 is 0 Å². The second kappa shape index (κ2) is 7.46. The highest BCUT2D eigenvalue weighted by Crippen LogP contribution is 2.23. The molecule has 0 atom stereocenters. The summed E-state index contributed by atoms with van der Waals surface area (Å²) < 4.78 is 7.02. The molecule has 0 N–H and O–H groups in total. The summed E-state index contributed by atoms with van der Waals surface area (Å²) >= 11 is 0. The van der Waals surface area contributed by atoms with Gasteiger partial charge in [-0.1, -0.05) is 60.7 Å². The Morgan fingerprint density at radius 2 is 1.59 bits per heavy atom. The number of pyridine rings is 1. The molecule has 134 valence electrons. The first-order chi connectivity index (χ1) is 13.2. The standard InChI is InChI=1S/C23H20N2O2/c1-27-23(26)21-13-12-19-15-20(14-17-8-4-2-5-9-17)25(22(19)24-21)16-18-10-6-3-7-11-18/h2-13,15H,14,16H2,1H3. The van der Waals surface area contributed by atoms with E-state index in [9.17, 15) is 4.79 Å². The Labute approximate surface area is 158 Å². The zero-order chi connectivity index (χ0) is 18.6. The van der Waals surface area contributed by atoms with E-state index in [1.165, 1.54) is 18.2 Å². The van der Waals surface area contributed by atoms with Crippen LogP contribution in [0, 0.1) is 0 Å². The molecule has 2 heterocycles. The predicted molar refractivity (Wildman–Crippen MR) is 106 cm³/mol. The summed E-state index contributed by atoms with van der Waals surface area (Å²) in [5.74, 6) is -0.422. The fourth-order valence-electron chi connectivity index (χ4n) is 3.29. The number of hydrogen-bond donors (Lipinski definition) is 0. The highest BCUT2D eigenvalue weighted by Gasteiger charge is 2.15. The van der Waals surface area contributed by atoms with Crippen LogP contribution in [-0.2, 0) is 17.7 Å². The summed E-state index contributed by atoms with van der Waals surface area (Å²) in [5.41, 5.74) is 4.71. The topological polar surface area (TPSA) is 44.1 Å². The maximum atomic E-state index is 11.9. The number of nitrogens with zero attached hydrogens (tertiary/aromatic N) is 2. The maximum Gasteiger partial charge on any atom is 0.356 e. The number of carbonyl (C=O) groups excluding carboxylic acids is 1. The summed E-state index contributed by atoms with van der Waals surface area (Å²) in [7, 11) is 1.37. The third-order valence-corrected chi connectivity index (χ3v) is 4.64. The molecule has 2 aromatic heterocycles. The molecular weight excluding hydrogens is 336 g/mol. The highest BCUT2D eigenvalue weighted by molar-refractivity contribution is 5.90. The molecular formula is C23H20N2O2. The van der Waals surface area contributed by atoms with Crippen LogP contribution in [0.25, 0.3) is 11.0 Å². The summed E-state index contributed by atoms with van der Waals surface area (Å²) in [6.07, 6.45) is 0.803. The molecule has 4 aromatic rings. The number of methoxy groups -OCH3 is 1. The summed E-state index contributed by atoms with van der Waals surface area (Å²) in [6.45, 7) is 0.699. The van der Waals surface area contributed by atoms with Gasteiger partial charge in [-0.15, -0.1) is 0 Å². The normalized spacial score (nSPS) is 10.9. The zero-order valence-electron chi connectivity index (χ0n) is 15.1. The predicted octanol–water partition coefficient (Wildman–Crippen LogP) is 4.46. The lowest BCUT2D eigenvalue weighted by Crippen LogP contribution is -2.08. The summed E-state index contributed by atoms with van der Waals surface area (Å²) in [6, 6.07) is 26.4. The number of carbonyl (C=O) groups is 1. The third-order valence-electron chi connectivity index (χ3n) is 4.64. The molecule has 0 spiro atoms. The monoisotopic (exact) mass is 356 g/mol. The summed E-state index contributed by atoms with van der Waals surface area (Å²) in [5, 5.41) is 1.02. The zero-order valence-corrected chi connectivity index (χ0v) is 15.1. The van der Waals surface area contributed by atoms with Crippen LogP contribution in [0.4, 0.5) is 0 Å². The van der Waals surface area contributed by atoms with E-state index in [0.29, 0.717) is 12.2 Å². The van der Waals surface area contributed by atoms with Crippen LogP contribution in [0.3, 0.4) is 0 Å². The second-order valence-electron chi connectivity index (χ2n) is 6.47. The number of esters is 1. The van der Waals surface area contributed by atoms with Crippen molar-refractivity contribution < 1.29 is 9.53 Å². The van der Waals surface area contributed by atoms with Crippen LogP contribution in [-0.4, -0.2) is 22.6 Å². The Balaban J connectivity index is 1.82. The maximum absolute atomic E-state index is 11.9. The third kappa shape index (κ3) is 3.60. The van der Waals surface area contributed by atoms with Crippen molar-refractivity contribution in [3.63, 3.8) is 0 Å². The van der Waals surface area contributed by atoms with E-state index in [1.807, 2.05) is 42.5 Å². The van der Waals surface area contributed by atoms with Crippen molar-refractivity contribution in [2.75, 3.05) is 7.11 Å². The van der Waals surface area contributed by atoms with Gasteiger partial charge in [-0.25, -0.2) is 9.78 Å². The number of aromatic nitrogens is 2. The molecule has 2 aromatic carbocycles. The minimum Gasteiger partial charge on any atom is -0.464 e. The van der Waals surface area contributed by atoms with Crippen molar-refractivity contribution in [3.8, 4) is 0 Å². The highest BCUT2D eigenvalue weighted by atomic mass is 16.5. The molecule has 0 unspecified atom stereocenters. The van der Waals surface area contributed by atoms with E-state index in [2.05, 4.69) is 39.9 Å². The largest absolute Gasteiger partial charge is 0.464 e. The lowest BCUT2D eigenvalue weighted by Gasteiger charge is -2.11. The molecule has 0 radical (unpaired) electrons. The first-order valence-corrected chi connectivity index (χ1v) is 8.90. The van der Waals surface area contributed by atoms with Gasteiger partial charge in [0.1, 0.15) is 5.65 Å². The van der Waals surface area contributed by atoms with E-state index in [0.717, 1.165) is 23.1 Å². The Morgan fingerprint density at radius 3 is 2.26 bits per heavy atom. The van der Waals surface area contributed by atoms with Gasteiger partial charge < -0.3 is 9.30 Å². The fourth-order valence-corrected chi connectivity index (χ4v) is 3.29. The van der Waals surface area contributed by atoms with Gasteiger partial charge >= 0.3 is 5.97 Å². The van der Waals surface area contributed by atoms with Gasteiger partial charge in [-0.3, -0.25) is 0 Å². The van der Waals surface area contributed by atoms with E-state index in [-0.39, 0.29) is 0 Å². The van der Waals surface area contributed by atoms with Gasteiger partial charge in [0.25, 0.3) is 0 Å². The Bertz CT molecular complexity index is 1070. The summed E-state index contributed by atoms with van der Waals surface area (Å²) in [4.78, 5) is 16.5. The van der Waals surface area contributed by atoms with Crippen LogP contribution in [0.15, 0.2) is 78.9 Å². The average molecular weight is 356 g/mol. The lowest BCUT2D eigenvalue weighted by molar-refractivity contribution is 0.0594. The number of rotatable bonds is 5. The molecule has 0 aliphatic rings. The molecule has 0 aliphatic heterocycles. The second-order valence-corrected chi connectivity index (χ2v) is 6.47. The van der Waals surface area contributed by atoms with Gasteiger partial charge in [-0.2, -0.15) is 0 Å². The van der Waals surface area contributed by atoms with E-state index >= 15 is 0 Å². The Morgan fingerprint density at radius 1 is 0.926 bits per heavy atom. The SMILES string of the molecule is COC(=O)c1ccc2cc(Cc3ccccc3)n(Cc3ccccc3)c2n1. The number of fused-ring (bicyclic) bond motifs is 1. The molecule has 0 aliphatic carbocycles. The van der Waals surface area contributed by atoms with Crippen molar-refractivity contribution >= 4 is 17.0 Å². The molecule has 0 fully saturated rings. The van der Waals surface area contributed by atoms with Crippen LogP contribution in [0.5, 0.6) is 0 Å². The molecule has 4 nitrogen and oxygen atoms in total. The lowest BCUT2D eigenvalue weighted by atomic mass is 10.1. The van der Waals surface area contributed by atoms with E-state index < -0.39 is 5.97 Å². The average Bonchev–Trinajstić information content (AvgIpc) is 3.05. The molecule has 0 saturated heterocycles. The molecule has 0 amide bonds. The fraction of sp³-hybridized carbons (Fsp3) is 0.130. The van der Waals surface area contributed by atoms with Gasteiger partial charge in [0.05, 0.1) is 7.11 Å². The van der Waals surface area contributed by atoms with Crippen LogP contribution in [0.2, 0.25) is 0 Å². The van der Waals surface area contributed by atoms with Gasteiger partial charge in [0, 0.05) is 24.0 Å². The van der Waals surface area contributed by atoms with Gasteiger partial charge in [0.15, 0.2) is 5.69 Å². The van der Waals surface area contributed by atoms with Gasteiger partial charge in [-0.05, 0) is 29.3 Å². The van der Waals surface area contributed by atoms with Crippen molar-refractivity contribution in [2.45, 2.75) is 13.0 Å². The van der Waals surface area contributed by atoms with Crippen molar-refractivity contribution in [1.29, 1.82) is 0 Å². The number of benzene rings is 2. The van der Waals surface area contributed by atoms with Crippen LogP contribution in [0.1, 0.15) is 27.3 Å². The number of hydrogen-bond acceptors (Lipinski definition) is 3. The van der Waals surface area contributed by atoms with Crippen molar-refractivity contribution in [2.24, 2.45) is 0 Å². The van der Waals surface area contributed by atoms with E-state index in [4.69, 9.17) is 4.74 Å². The van der Waals surface area contributed by atoms with Crippen molar-refractivity contribution in [3.05, 3.63) is 101 Å². The first-order valence-electron chi connectivity index (χ1n) is 8.90. The van der Waals surface area contributed by atoms with Crippen LogP contribution >= 0.6 is 0 Å². The molecule has 27 heavy (non-hydrogen) atoms. The molecule has 4 heteroatoms. The minimum absolute atomic E-state index is 0.323. The van der Waals surface area contributed by atoms with E-state index in [1.54, 1.807) is 6.07 Å². The molecule has 4 rings (SSSR count). The Kier molecular flexibility index (Phi) is 4.71.